The van der Waals surface area contributed by atoms with Crippen LogP contribution in [0.1, 0.15) is 5.56 Å². The molecule has 2 aromatic carbocycles. The second kappa shape index (κ2) is 5.48. The van der Waals surface area contributed by atoms with Gasteiger partial charge in [-0.3, -0.25) is 4.79 Å². The van der Waals surface area contributed by atoms with E-state index in [0.717, 1.165) is 12.1 Å². The van der Waals surface area contributed by atoms with Gasteiger partial charge in [0, 0.05) is 16.9 Å². The maximum Gasteiger partial charge on any atom is 0.229 e. The van der Waals surface area contributed by atoms with Gasteiger partial charge in [-0.15, -0.1) is 0 Å². The zero-order valence-corrected chi connectivity index (χ0v) is 9.99. The number of benzene rings is 2. The monoisotopic (exact) mass is 262 g/mol. The fraction of sp³-hybridized carbons (Fsp3) is 0.0714. The number of halogens is 2. The summed E-state index contributed by atoms with van der Waals surface area (Å²) in [6.45, 7) is 0. The Morgan fingerprint density at radius 2 is 1.63 bits per heavy atom. The summed E-state index contributed by atoms with van der Waals surface area (Å²) in [6, 6.07) is 9.98. The molecule has 0 radical (unpaired) electrons. The summed E-state index contributed by atoms with van der Waals surface area (Å²) in [5.74, 6) is -1.95. The zero-order valence-electron chi connectivity index (χ0n) is 9.99. The molecule has 19 heavy (non-hydrogen) atoms. The van der Waals surface area contributed by atoms with Gasteiger partial charge in [0.05, 0.1) is 6.42 Å². The molecule has 0 fully saturated rings. The number of carbonyl (C=O) groups is 1. The highest BCUT2D eigenvalue weighted by Crippen LogP contribution is 2.15. The summed E-state index contributed by atoms with van der Waals surface area (Å²) in [7, 11) is 0. The minimum absolute atomic E-state index is 0.240. The van der Waals surface area contributed by atoms with Crippen LogP contribution < -0.4 is 11.1 Å². The highest BCUT2D eigenvalue weighted by molar-refractivity contribution is 5.92. The number of hydrogen-bond acceptors (Lipinski definition) is 2. The number of nitrogens with two attached hydrogens (primary N) is 1. The molecule has 3 N–H and O–H groups in total. The molecule has 2 aromatic rings. The Morgan fingerprint density at radius 3 is 2.21 bits per heavy atom. The van der Waals surface area contributed by atoms with E-state index in [-0.39, 0.29) is 12.0 Å². The van der Waals surface area contributed by atoms with E-state index >= 15 is 0 Å². The molecule has 0 atom stereocenters. The van der Waals surface area contributed by atoms with Crippen molar-refractivity contribution < 1.29 is 13.6 Å². The van der Waals surface area contributed by atoms with Crippen molar-refractivity contribution >= 4 is 17.3 Å². The number of amides is 1. The average molecular weight is 262 g/mol. The lowest BCUT2D eigenvalue weighted by atomic mass is 10.1. The molecule has 0 aromatic heterocycles. The van der Waals surface area contributed by atoms with Crippen molar-refractivity contribution in [3.63, 3.8) is 0 Å². The predicted molar refractivity (Wildman–Crippen MR) is 69.5 cm³/mol. The van der Waals surface area contributed by atoms with E-state index < -0.39 is 17.5 Å². The molecular formula is C14H12F2N2O. The van der Waals surface area contributed by atoms with E-state index in [1.165, 1.54) is 6.07 Å². The van der Waals surface area contributed by atoms with E-state index in [1.54, 1.807) is 24.3 Å². The Hall–Kier alpha value is -2.43. The number of nitrogen functional groups attached to an aromatic ring is 1. The van der Waals surface area contributed by atoms with Crippen molar-refractivity contribution in [1.29, 1.82) is 0 Å². The minimum Gasteiger partial charge on any atom is -0.399 e. The molecule has 5 heteroatoms. The van der Waals surface area contributed by atoms with Crippen molar-refractivity contribution in [3.8, 4) is 0 Å². The van der Waals surface area contributed by atoms with Crippen LogP contribution >= 0.6 is 0 Å². The number of carbonyl (C=O) groups excluding carboxylic acids is 1. The zero-order chi connectivity index (χ0) is 13.8. The van der Waals surface area contributed by atoms with Crippen molar-refractivity contribution in [3.05, 3.63) is 59.7 Å². The molecule has 0 saturated heterocycles. The largest absolute Gasteiger partial charge is 0.399 e. The summed E-state index contributed by atoms with van der Waals surface area (Å²) in [5, 5.41) is 2.54. The quantitative estimate of drug-likeness (QED) is 0.836. The molecule has 0 unspecified atom stereocenters. The lowest BCUT2D eigenvalue weighted by Crippen LogP contribution is -2.16. The van der Waals surface area contributed by atoms with E-state index in [2.05, 4.69) is 5.32 Å². The lowest BCUT2D eigenvalue weighted by Gasteiger charge is -2.07. The average Bonchev–Trinajstić information content (AvgIpc) is 2.37. The van der Waals surface area contributed by atoms with E-state index in [1.807, 2.05) is 0 Å². The number of nitrogens with one attached hydrogen (secondary N) is 1. The van der Waals surface area contributed by atoms with Crippen LogP contribution in [0, 0.1) is 11.6 Å². The van der Waals surface area contributed by atoms with Gasteiger partial charge in [-0.25, -0.2) is 8.78 Å². The van der Waals surface area contributed by atoms with Gasteiger partial charge < -0.3 is 11.1 Å². The maximum absolute atomic E-state index is 13.4. The van der Waals surface area contributed by atoms with Gasteiger partial charge in [-0.1, -0.05) is 6.07 Å². The van der Waals surface area contributed by atoms with Gasteiger partial charge in [0.1, 0.15) is 11.6 Å². The van der Waals surface area contributed by atoms with Crippen LogP contribution in [0.15, 0.2) is 42.5 Å². The molecule has 3 nitrogen and oxygen atoms in total. The first kappa shape index (κ1) is 13.0. The second-order valence-corrected chi connectivity index (χ2v) is 4.05. The third-order valence-electron chi connectivity index (χ3n) is 2.59. The summed E-state index contributed by atoms with van der Waals surface area (Å²) in [6.07, 6.45) is -0.358. The van der Waals surface area contributed by atoms with Crippen LogP contribution in [0.5, 0.6) is 0 Å². The first-order chi connectivity index (χ1) is 9.06. The summed E-state index contributed by atoms with van der Waals surface area (Å²) >= 11 is 0. The molecule has 0 aliphatic heterocycles. The molecule has 0 bridgehead atoms. The van der Waals surface area contributed by atoms with Crippen LogP contribution in [0.2, 0.25) is 0 Å². The molecule has 0 spiro atoms. The van der Waals surface area contributed by atoms with Crippen LogP contribution in [0.4, 0.5) is 20.2 Å². The molecule has 98 valence electrons. The molecule has 0 heterocycles. The molecule has 0 saturated carbocycles. The van der Waals surface area contributed by atoms with Gasteiger partial charge >= 0.3 is 0 Å². The normalized spacial score (nSPS) is 10.2. The molecule has 0 aliphatic carbocycles. The van der Waals surface area contributed by atoms with Crippen LogP contribution in [-0.2, 0) is 11.2 Å². The van der Waals surface area contributed by atoms with Crippen LogP contribution in [-0.4, -0.2) is 5.91 Å². The van der Waals surface area contributed by atoms with Gasteiger partial charge in [0.25, 0.3) is 0 Å². The van der Waals surface area contributed by atoms with Crippen LogP contribution in [0.3, 0.4) is 0 Å². The Balaban J connectivity index is 2.07. The van der Waals surface area contributed by atoms with Gasteiger partial charge in [0.2, 0.25) is 5.91 Å². The SMILES string of the molecule is Nc1ccc(NC(=O)Cc2c(F)cccc2F)cc1. The van der Waals surface area contributed by atoms with Crippen molar-refractivity contribution in [2.75, 3.05) is 11.1 Å². The topological polar surface area (TPSA) is 55.1 Å². The molecule has 0 aliphatic rings. The van der Waals surface area contributed by atoms with Crippen LogP contribution in [0.25, 0.3) is 0 Å². The third kappa shape index (κ3) is 3.28. The van der Waals surface area contributed by atoms with Gasteiger partial charge in [0.15, 0.2) is 0 Å². The Labute approximate surface area is 109 Å². The standard InChI is InChI=1S/C14H12F2N2O/c15-12-2-1-3-13(16)11(12)8-14(19)18-10-6-4-9(17)5-7-10/h1-7H,8,17H2,(H,18,19). The third-order valence-corrected chi connectivity index (χ3v) is 2.59. The Morgan fingerprint density at radius 1 is 1.05 bits per heavy atom. The number of hydrogen-bond donors (Lipinski definition) is 2. The highest BCUT2D eigenvalue weighted by Gasteiger charge is 2.12. The summed E-state index contributed by atoms with van der Waals surface area (Å²) < 4.78 is 26.7. The summed E-state index contributed by atoms with van der Waals surface area (Å²) in [4.78, 5) is 11.7. The van der Waals surface area contributed by atoms with Gasteiger partial charge in [-0.2, -0.15) is 0 Å². The van der Waals surface area contributed by atoms with E-state index in [4.69, 9.17) is 5.73 Å². The Bertz CT molecular complexity index is 577. The first-order valence-electron chi connectivity index (χ1n) is 5.64. The Kier molecular flexibility index (Phi) is 3.75. The first-order valence-corrected chi connectivity index (χ1v) is 5.64. The lowest BCUT2D eigenvalue weighted by molar-refractivity contribution is -0.115. The van der Waals surface area contributed by atoms with E-state index in [9.17, 15) is 13.6 Å². The van der Waals surface area contributed by atoms with Gasteiger partial charge in [-0.05, 0) is 36.4 Å². The van der Waals surface area contributed by atoms with Crippen molar-refractivity contribution in [1.82, 2.24) is 0 Å². The smallest absolute Gasteiger partial charge is 0.229 e. The van der Waals surface area contributed by atoms with Crippen molar-refractivity contribution in [2.45, 2.75) is 6.42 Å². The second-order valence-electron chi connectivity index (χ2n) is 4.05. The molecule has 1 amide bonds. The number of anilines is 2. The van der Waals surface area contributed by atoms with Crippen molar-refractivity contribution in [2.24, 2.45) is 0 Å². The predicted octanol–water partition coefficient (Wildman–Crippen LogP) is 2.73. The highest BCUT2D eigenvalue weighted by atomic mass is 19.1. The fourth-order valence-electron chi connectivity index (χ4n) is 1.63. The maximum atomic E-state index is 13.4. The fourth-order valence-corrected chi connectivity index (χ4v) is 1.63. The number of rotatable bonds is 3. The van der Waals surface area contributed by atoms with E-state index in [0.29, 0.717) is 11.4 Å². The molecule has 2 rings (SSSR count). The summed E-state index contributed by atoms with van der Waals surface area (Å²) in [5.41, 5.74) is 6.36. The molecular weight excluding hydrogens is 250 g/mol. The minimum atomic E-state index is -0.729.